The van der Waals surface area contributed by atoms with Crippen molar-refractivity contribution in [1.29, 1.82) is 5.41 Å². The number of aromatic nitrogens is 4. The monoisotopic (exact) mass is 180 g/mol. The van der Waals surface area contributed by atoms with Gasteiger partial charge in [0, 0.05) is 6.54 Å². The molecular weight excluding hydrogens is 170 g/mol. The molecular formula is C7H9N5O. The molecule has 0 aromatic carbocycles. The third-order valence-electron chi connectivity index (χ3n) is 1.88. The Kier molecular flexibility index (Phi) is 1.32. The number of imidazole rings is 1. The molecule has 0 radical (unpaired) electrons. The Morgan fingerprint density at radius 1 is 1.92 bits per heavy atom. The summed E-state index contributed by atoms with van der Waals surface area (Å²) in [5.74, 6) is 0. The van der Waals surface area contributed by atoms with Crippen LogP contribution in [0.3, 0.4) is 0 Å². The zero-order chi connectivity index (χ0) is 10.3. The molecule has 0 aliphatic rings. The van der Waals surface area contributed by atoms with Gasteiger partial charge >= 0.3 is 0 Å². The first-order chi connectivity index (χ1) is 6.65. The van der Waals surface area contributed by atoms with E-state index < -0.39 is 0 Å². The number of H-pyrrole nitrogens is 1. The molecule has 68 valence electrons. The highest BCUT2D eigenvalue weighted by atomic mass is 16.5. The maximum absolute atomic E-state index is 11.1. The van der Waals surface area contributed by atoms with Crippen LogP contribution in [0.2, 0.25) is 0 Å². The number of fused-ring (bicyclic) bond motifs is 1. The van der Waals surface area contributed by atoms with Crippen LogP contribution in [0.4, 0.5) is 0 Å². The quantitative estimate of drug-likeness (QED) is 0.458. The van der Waals surface area contributed by atoms with Crippen molar-refractivity contribution in [3.63, 3.8) is 0 Å². The van der Waals surface area contributed by atoms with Crippen LogP contribution >= 0.6 is 0 Å². The molecule has 2 aromatic heterocycles. The lowest BCUT2D eigenvalue weighted by atomic mass is 10.5. The van der Waals surface area contributed by atoms with Gasteiger partial charge in [0.05, 0.1) is 6.33 Å². The lowest BCUT2D eigenvalue weighted by Gasteiger charge is -2.01. The van der Waals surface area contributed by atoms with E-state index in [9.17, 15) is 5.21 Å². The predicted octanol–water partition coefficient (Wildman–Crippen LogP) is -0.503. The first-order valence-corrected chi connectivity index (χ1v) is 3.87. The van der Waals surface area contributed by atoms with Crippen LogP contribution in [-0.2, 0) is 6.54 Å². The van der Waals surface area contributed by atoms with E-state index in [2.05, 4.69) is 9.97 Å². The predicted molar refractivity (Wildman–Crippen MR) is 44.6 cm³/mol. The smallest absolute Gasteiger partial charge is 0.286 e. The molecule has 13 heavy (non-hydrogen) atoms. The topological polar surface area (TPSA) is 84.4 Å². The third-order valence-corrected chi connectivity index (χ3v) is 1.88. The van der Waals surface area contributed by atoms with Crippen molar-refractivity contribution < 1.29 is 6.10 Å². The summed E-state index contributed by atoms with van der Waals surface area (Å²) >= 11 is 0. The fourth-order valence-corrected chi connectivity index (χ4v) is 1.18. The van der Waals surface area contributed by atoms with E-state index in [1.54, 1.807) is 10.9 Å². The standard InChI is InChI=1S/C7H9N5O/c1-2-11-3-9-5-6(8)12(13)4-10-7(5)11/h3-4,8,10H,2H2,1H3/i4D. The molecule has 0 saturated heterocycles. The van der Waals surface area contributed by atoms with Gasteiger partial charge in [0.25, 0.3) is 5.49 Å². The van der Waals surface area contributed by atoms with Crippen LogP contribution in [-0.4, -0.2) is 14.5 Å². The van der Waals surface area contributed by atoms with Gasteiger partial charge in [-0.25, -0.2) is 9.71 Å². The average Bonchev–Trinajstić information content (AvgIpc) is 2.57. The van der Waals surface area contributed by atoms with E-state index in [1.807, 2.05) is 6.92 Å². The van der Waals surface area contributed by atoms with Crippen molar-refractivity contribution in [2.75, 3.05) is 0 Å². The highest BCUT2D eigenvalue weighted by molar-refractivity contribution is 5.67. The van der Waals surface area contributed by atoms with Crippen molar-refractivity contribution in [1.82, 2.24) is 14.5 Å². The Labute approximate surface area is 75.0 Å². The summed E-state index contributed by atoms with van der Waals surface area (Å²) in [4.78, 5) is 6.53. The third kappa shape index (κ3) is 0.986. The molecule has 6 heteroatoms. The van der Waals surface area contributed by atoms with E-state index >= 15 is 0 Å². The number of nitrogens with one attached hydrogen (secondary N) is 2. The van der Waals surface area contributed by atoms with Crippen molar-refractivity contribution in [2.24, 2.45) is 0 Å². The number of hydrogen-bond acceptors (Lipinski definition) is 3. The number of aryl methyl sites for hydroxylation is 1. The van der Waals surface area contributed by atoms with Crippen LogP contribution in [0.5, 0.6) is 0 Å². The van der Waals surface area contributed by atoms with E-state index in [-0.39, 0.29) is 22.0 Å². The molecule has 0 amide bonds. The minimum absolute atomic E-state index is 0.204. The zero-order valence-corrected chi connectivity index (χ0v) is 7.03. The summed E-state index contributed by atoms with van der Waals surface area (Å²) in [5, 5.41) is 18.6. The SMILES string of the molecule is [2H]c1[nH]c2c(ncn2CC)c(=N)[n+]1[O-]. The number of hydrogen-bond donors (Lipinski definition) is 2. The molecule has 2 aromatic rings. The molecule has 0 atom stereocenters. The number of aromatic amines is 1. The van der Waals surface area contributed by atoms with Gasteiger partial charge in [-0.1, -0.05) is 0 Å². The fraction of sp³-hybridized carbons (Fsp3) is 0.286. The maximum Gasteiger partial charge on any atom is 0.286 e. The number of rotatable bonds is 1. The van der Waals surface area contributed by atoms with Crippen LogP contribution < -0.4 is 10.2 Å². The average molecular weight is 180 g/mol. The minimum atomic E-state index is -0.349. The van der Waals surface area contributed by atoms with Gasteiger partial charge in [-0.05, 0) is 6.92 Å². The molecule has 2 rings (SSSR count). The highest BCUT2D eigenvalue weighted by Crippen LogP contribution is 2.01. The second kappa shape index (κ2) is 2.58. The molecule has 0 fully saturated rings. The summed E-state index contributed by atoms with van der Waals surface area (Å²) in [6, 6.07) is 0. The van der Waals surface area contributed by atoms with Crippen molar-refractivity contribution in [3.8, 4) is 0 Å². The summed E-state index contributed by atoms with van der Waals surface area (Å²) in [6.07, 6.45) is 1.19. The molecule has 0 spiro atoms. The van der Waals surface area contributed by atoms with Crippen LogP contribution in [0.25, 0.3) is 11.2 Å². The van der Waals surface area contributed by atoms with Gasteiger partial charge in [0.15, 0.2) is 11.8 Å². The molecule has 2 N–H and O–H groups in total. The van der Waals surface area contributed by atoms with Crippen LogP contribution in [0, 0.1) is 10.6 Å². The van der Waals surface area contributed by atoms with Gasteiger partial charge in [-0.15, -0.1) is 0 Å². The summed E-state index contributed by atoms with van der Waals surface area (Å²) in [6.45, 7) is 2.59. The first-order valence-electron chi connectivity index (χ1n) is 4.37. The number of nitrogens with zero attached hydrogens (tertiary/aromatic N) is 3. The first kappa shape index (κ1) is 6.64. The molecule has 0 aliphatic carbocycles. The Bertz CT molecular complexity index is 543. The van der Waals surface area contributed by atoms with Crippen molar-refractivity contribution in [3.05, 3.63) is 23.3 Å². The summed E-state index contributed by atoms with van der Waals surface area (Å²) in [5.41, 5.74) is 0.531. The lowest BCUT2D eigenvalue weighted by Crippen LogP contribution is -2.45. The van der Waals surface area contributed by atoms with E-state index in [0.717, 1.165) is 0 Å². The largest absolute Gasteiger partial charge is 0.740 e. The van der Waals surface area contributed by atoms with E-state index in [0.29, 0.717) is 12.2 Å². The fourth-order valence-electron chi connectivity index (χ4n) is 1.18. The zero-order valence-electron chi connectivity index (χ0n) is 8.03. The normalized spacial score (nSPS) is 11.9. The van der Waals surface area contributed by atoms with Crippen LogP contribution in [0.15, 0.2) is 12.6 Å². The summed E-state index contributed by atoms with van der Waals surface area (Å²) in [7, 11) is 0. The van der Waals surface area contributed by atoms with E-state index in [1.165, 1.54) is 0 Å². The van der Waals surface area contributed by atoms with Gasteiger partial charge in [0.2, 0.25) is 5.65 Å². The van der Waals surface area contributed by atoms with Crippen molar-refractivity contribution in [2.45, 2.75) is 13.5 Å². The Morgan fingerprint density at radius 2 is 2.69 bits per heavy atom. The van der Waals surface area contributed by atoms with E-state index in [4.69, 9.17) is 6.78 Å². The maximum atomic E-state index is 11.1. The van der Waals surface area contributed by atoms with Gasteiger partial charge in [0.1, 0.15) is 1.37 Å². The van der Waals surface area contributed by atoms with Crippen LogP contribution in [0.1, 0.15) is 8.29 Å². The molecule has 0 unspecified atom stereocenters. The molecule has 6 nitrogen and oxygen atoms in total. The van der Waals surface area contributed by atoms with Gasteiger partial charge < -0.3 is 9.77 Å². The summed E-state index contributed by atoms with van der Waals surface area (Å²) < 4.78 is 9.23. The van der Waals surface area contributed by atoms with Crippen molar-refractivity contribution >= 4 is 11.2 Å². The Morgan fingerprint density at radius 3 is 3.38 bits per heavy atom. The highest BCUT2D eigenvalue weighted by Gasteiger charge is 2.07. The second-order valence-corrected chi connectivity index (χ2v) is 2.61. The second-order valence-electron chi connectivity index (χ2n) is 2.61. The Balaban J connectivity index is 2.94. The minimum Gasteiger partial charge on any atom is -0.740 e. The molecule has 0 aliphatic heterocycles. The van der Waals surface area contributed by atoms with Gasteiger partial charge in [-0.2, -0.15) is 5.41 Å². The lowest BCUT2D eigenvalue weighted by molar-refractivity contribution is -0.625. The molecule has 0 bridgehead atoms. The molecule has 2 heterocycles. The molecule has 0 saturated carbocycles. The Hall–Kier alpha value is -1.85. The van der Waals surface area contributed by atoms with Gasteiger partial charge in [-0.3, -0.25) is 4.98 Å².